The number of thioether (sulfide) groups is 1. The average Bonchev–Trinajstić information content (AvgIpc) is 2.81. The van der Waals surface area contributed by atoms with E-state index in [-0.39, 0.29) is 14.9 Å². The first-order valence-electron chi connectivity index (χ1n) is 6.96. The van der Waals surface area contributed by atoms with Crippen molar-refractivity contribution >= 4 is 46.0 Å². The molecule has 0 spiro atoms. The van der Waals surface area contributed by atoms with E-state index in [9.17, 15) is 22.4 Å². The van der Waals surface area contributed by atoms with Crippen LogP contribution in [-0.4, -0.2) is 10.2 Å². The summed E-state index contributed by atoms with van der Waals surface area (Å²) >= 11 is 6.08. The van der Waals surface area contributed by atoms with Crippen LogP contribution in [0.1, 0.15) is 11.1 Å². The van der Waals surface area contributed by atoms with Crippen molar-refractivity contribution in [2.45, 2.75) is 6.18 Å². The van der Waals surface area contributed by atoms with Gasteiger partial charge in [0.25, 0.3) is 5.91 Å². The number of amides is 1. The van der Waals surface area contributed by atoms with E-state index in [0.717, 1.165) is 28.8 Å². The molecule has 3 rings (SSSR count). The molecule has 1 aliphatic rings. The number of anilines is 1. The Kier molecular flexibility index (Phi) is 4.66. The fourth-order valence-electron chi connectivity index (χ4n) is 2.26. The number of rotatable bonds is 2. The molecule has 0 N–H and O–H groups in total. The highest BCUT2D eigenvalue weighted by Crippen LogP contribution is 2.38. The molecule has 0 atom stereocenters. The summed E-state index contributed by atoms with van der Waals surface area (Å²) in [5.41, 5.74) is -0.363. The Morgan fingerprint density at radius 1 is 1.08 bits per heavy atom. The molecule has 0 bridgehead atoms. The molecule has 1 aliphatic heterocycles. The van der Waals surface area contributed by atoms with E-state index >= 15 is 0 Å². The smallest absolute Gasteiger partial charge is 0.268 e. The lowest BCUT2D eigenvalue weighted by Crippen LogP contribution is -2.27. The van der Waals surface area contributed by atoms with Gasteiger partial charge in [0.05, 0.1) is 16.2 Å². The highest BCUT2D eigenvalue weighted by Gasteiger charge is 2.36. The number of hydrogen-bond donors (Lipinski definition) is 0. The second kappa shape index (κ2) is 6.61. The van der Waals surface area contributed by atoms with Gasteiger partial charge in [-0.3, -0.25) is 9.69 Å². The summed E-state index contributed by atoms with van der Waals surface area (Å²) in [5.74, 6) is -0.999. The van der Waals surface area contributed by atoms with Gasteiger partial charge in [-0.1, -0.05) is 42.2 Å². The van der Waals surface area contributed by atoms with Crippen LogP contribution in [0.15, 0.2) is 53.4 Å². The van der Waals surface area contributed by atoms with Crippen molar-refractivity contribution < 1.29 is 22.4 Å². The third-order valence-electron chi connectivity index (χ3n) is 3.37. The van der Waals surface area contributed by atoms with E-state index in [1.54, 1.807) is 6.07 Å². The minimum absolute atomic E-state index is 0.0416. The van der Waals surface area contributed by atoms with E-state index in [1.807, 2.05) is 0 Å². The summed E-state index contributed by atoms with van der Waals surface area (Å²) in [7, 11) is 0. The van der Waals surface area contributed by atoms with E-state index in [1.165, 1.54) is 36.4 Å². The molecular formula is C17H9F4NOS2. The van der Waals surface area contributed by atoms with Crippen LogP contribution in [0.2, 0.25) is 0 Å². The van der Waals surface area contributed by atoms with Crippen molar-refractivity contribution in [3.05, 3.63) is 70.4 Å². The van der Waals surface area contributed by atoms with Crippen molar-refractivity contribution in [3.63, 3.8) is 0 Å². The third kappa shape index (κ3) is 3.74. The molecule has 2 aromatic carbocycles. The predicted octanol–water partition coefficient (Wildman–Crippen LogP) is 5.25. The summed E-state index contributed by atoms with van der Waals surface area (Å²) in [6.45, 7) is 0. The maximum atomic E-state index is 13.2. The third-order valence-corrected chi connectivity index (χ3v) is 4.67. The van der Waals surface area contributed by atoms with Crippen LogP contribution in [0.3, 0.4) is 0 Å². The molecule has 0 aliphatic carbocycles. The molecule has 0 saturated carbocycles. The largest absolute Gasteiger partial charge is 0.416 e. The fraction of sp³-hybridized carbons (Fsp3) is 0.0588. The van der Waals surface area contributed by atoms with E-state index in [2.05, 4.69) is 0 Å². The molecule has 0 unspecified atom stereocenters. The lowest BCUT2D eigenvalue weighted by atomic mass is 10.1. The van der Waals surface area contributed by atoms with Crippen LogP contribution >= 0.6 is 24.0 Å². The number of nitrogens with zero attached hydrogens (tertiary/aromatic N) is 1. The van der Waals surface area contributed by atoms with Crippen LogP contribution in [0.4, 0.5) is 23.2 Å². The van der Waals surface area contributed by atoms with Crippen LogP contribution in [-0.2, 0) is 11.0 Å². The maximum absolute atomic E-state index is 13.2. The normalized spacial score (nSPS) is 16.8. The Balaban J connectivity index is 1.95. The van der Waals surface area contributed by atoms with Crippen molar-refractivity contribution in [2.75, 3.05) is 4.90 Å². The van der Waals surface area contributed by atoms with Gasteiger partial charge in [-0.15, -0.1) is 0 Å². The first kappa shape index (κ1) is 17.6. The Morgan fingerprint density at radius 2 is 1.80 bits per heavy atom. The molecule has 25 heavy (non-hydrogen) atoms. The lowest BCUT2D eigenvalue weighted by molar-refractivity contribution is -0.137. The van der Waals surface area contributed by atoms with Gasteiger partial charge in [0.15, 0.2) is 4.32 Å². The Morgan fingerprint density at radius 3 is 2.48 bits per heavy atom. The number of carbonyl (C=O) groups is 1. The molecule has 128 valence electrons. The standard InChI is InChI=1S/C17H9F4NOS2/c18-12-5-1-3-10(7-12)8-14-15(23)22(16(24)25-14)13-6-2-4-11(9-13)17(19,20)21/h1-9H/b14-8-. The highest BCUT2D eigenvalue weighted by molar-refractivity contribution is 8.27. The molecule has 0 aromatic heterocycles. The van der Waals surface area contributed by atoms with Crippen LogP contribution in [0.5, 0.6) is 0 Å². The SMILES string of the molecule is O=C1/C(=C/c2cccc(F)c2)SC(=S)N1c1cccc(C(F)(F)F)c1. The topological polar surface area (TPSA) is 20.3 Å². The first-order valence-corrected chi connectivity index (χ1v) is 8.19. The summed E-state index contributed by atoms with van der Waals surface area (Å²) in [6.07, 6.45) is -3.07. The van der Waals surface area contributed by atoms with E-state index in [4.69, 9.17) is 12.2 Å². The second-order valence-electron chi connectivity index (χ2n) is 5.12. The molecule has 1 saturated heterocycles. The average molecular weight is 383 g/mol. The number of thiocarbonyl (C=S) groups is 1. The Bertz CT molecular complexity index is 892. The molecule has 1 fully saturated rings. The quantitative estimate of drug-likeness (QED) is 0.401. The monoisotopic (exact) mass is 383 g/mol. The summed E-state index contributed by atoms with van der Waals surface area (Å²) < 4.78 is 52.0. The fourth-order valence-corrected chi connectivity index (χ4v) is 3.56. The van der Waals surface area contributed by atoms with Crippen molar-refractivity contribution in [3.8, 4) is 0 Å². The van der Waals surface area contributed by atoms with Gasteiger partial charge in [-0.05, 0) is 42.0 Å². The number of hydrogen-bond acceptors (Lipinski definition) is 3. The van der Waals surface area contributed by atoms with Gasteiger partial charge in [-0.2, -0.15) is 13.2 Å². The van der Waals surface area contributed by atoms with Crippen LogP contribution in [0, 0.1) is 5.82 Å². The molecule has 0 radical (unpaired) electrons. The van der Waals surface area contributed by atoms with Gasteiger partial charge >= 0.3 is 6.18 Å². The van der Waals surface area contributed by atoms with E-state index < -0.39 is 23.5 Å². The highest BCUT2D eigenvalue weighted by atomic mass is 32.2. The zero-order valence-corrected chi connectivity index (χ0v) is 14.0. The summed E-state index contributed by atoms with van der Waals surface area (Å²) in [5, 5.41) is 0. The number of alkyl halides is 3. The number of benzene rings is 2. The number of halogens is 4. The van der Waals surface area contributed by atoms with Crippen LogP contribution < -0.4 is 4.90 Å². The van der Waals surface area contributed by atoms with Crippen molar-refractivity contribution in [2.24, 2.45) is 0 Å². The molecule has 1 amide bonds. The van der Waals surface area contributed by atoms with Crippen molar-refractivity contribution in [1.82, 2.24) is 0 Å². The molecular weight excluding hydrogens is 374 g/mol. The number of carbonyl (C=O) groups excluding carboxylic acids is 1. The minimum Gasteiger partial charge on any atom is -0.268 e. The first-order chi connectivity index (χ1) is 11.8. The van der Waals surface area contributed by atoms with Crippen LogP contribution in [0.25, 0.3) is 6.08 Å². The summed E-state index contributed by atoms with van der Waals surface area (Å²) in [4.78, 5) is 13.8. The van der Waals surface area contributed by atoms with Gasteiger partial charge in [0.2, 0.25) is 0 Å². The molecule has 1 heterocycles. The maximum Gasteiger partial charge on any atom is 0.416 e. The minimum atomic E-state index is -4.52. The zero-order valence-electron chi connectivity index (χ0n) is 12.4. The van der Waals surface area contributed by atoms with E-state index in [0.29, 0.717) is 5.56 Å². The van der Waals surface area contributed by atoms with Gasteiger partial charge in [-0.25, -0.2) is 4.39 Å². The molecule has 2 nitrogen and oxygen atoms in total. The van der Waals surface area contributed by atoms with Crippen molar-refractivity contribution in [1.29, 1.82) is 0 Å². The summed E-state index contributed by atoms with van der Waals surface area (Å²) in [6, 6.07) is 10.0. The zero-order chi connectivity index (χ0) is 18.2. The molecule has 2 aromatic rings. The lowest BCUT2D eigenvalue weighted by Gasteiger charge is -2.16. The Hall–Kier alpha value is -2.19. The van der Waals surface area contributed by atoms with Gasteiger partial charge in [0, 0.05) is 0 Å². The predicted molar refractivity (Wildman–Crippen MR) is 93.5 cm³/mol. The molecule has 8 heteroatoms. The van der Waals surface area contributed by atoms with Gasteiger partial charge < -0.3 is 0 Å². The second-order valence-corrected chi connectivity index (χ2v) is 6.80. The Labute approximate surface area is 150 Å². The van der Waals surface area contributed by atoms with Gasteiger partial charge in [0.1, 0.15) is 5.82 Å².